The van der Waals surface area contributed by atoms with E-state index in [4.69, 9.17) is 0 Å². The van der Waals surface area contributed by atoms with Crippen molar-refractivity contribution in [2.75, 3.05) is 0 Å². The molecule has 0 bridgehead atoms. The molecule has 2 aromatic heterocycles. The Morgan fingerprint density at radius 2 is 1.95 bits per heavy atom. The van der Waals surface area contributed by atoms with Gasteiger partial charge in [-0.2, -0.15) is 13.2 Å². The van der Waals surface area contributed by atoms with Gasteiger partial charge in [-0.1, -0.05) is 18.2 Å². The molecular formula is C16H13F3N2. The number of nitrogens with zero attached hydrogens (tertiary/aromatic N) is 2. The number of benzene rings is 1. The summed E-state index contributed by atoms with van der Waals surface area (Å²) in [5, 5.41) is 0. The highest BCUT2D eigenvalue weighted by Crippen LogP contribution is 2.29. The van der Waals surface area contributed by atoms with Gasteiger partial charge < -0.3 is 4.40 Å². The van der Waals surface area contributed by atoms with E-state index in [9.17, 15) is 13.2 Å². The van der Waals surface area contributed by atoms with Gasteiger partial charge in [-0.15, -0.1) is 0 Å². The Kier molecular flexibility index (Phi) is 3.20. The van der Waals surface area contributed by atoms with Crippen molar-refractivity contribution in [2.45, 2.75) is 19.5 Å². The van der Waals surface area contributed by atoms with Crippen molar-refractivity contribution in [1.82, 2.24) is 9.38 Å². The van der Waals surface area contributed by atoms with Crippen molar-refractivity contribution >= 4 is 5.52 Å². The normalized spacial score (nSPS) is 12.0. The van der Waals surface area contributed by atoms with Gasteiger partial charge in [-0.25, -0.2) is 0 Å². The molecular weight excluding hydrogens is 277 g/mol. The van der Waals surface area contributed by atoms with Crippen molar-refractivity contribution in [1.29, 1.82) is 0 Å². The first-order chi connectivity index (χ1) is 9.93. The second-order valence-corrected chi connectivity index (χ2v) is 4.99. The average Bonchev–Trinajstić information content (AvgIpc) is 2.87. The number of fused-ring (bicyclic) bond motifs is 1. The predicted octanol–water partition coefficient (Wildman–Crippen LogP) is 4.25. The Balaban J connectivity index is 1.95. The minimum absolute atomic E-state index is 0.374. The fourth-order valence-electron chi connectivity index (χ4n) is 2.43. The Hall–Kier alpha value is -2.30. The molecule has 5 heteroatoms. The van der Waals surface area contributed by atoms with E-state index < -0.39 is 11.7 Å². The zero-order valence-corrected chi connectivity index (χ0v) is 11.4. The molecule has 108 valence electrons. The van der Waals surface area contributed by atoms with Gasteiger partial charge in [-0.05, 0) is 30.7 Å². The maximum Gasteiger partial charge on any atom is 0.416 e. The molecule has 21 heavy (non-hydrogen) atoms. The molecule has 0 saturated carbocycles. The molecule has 2 nitrogen and oxygen atoms in total. The summed E-state index contributed by atoms with van der Waals surface area (Å²) in [5.41, 5.74) is 2.59. The lowest BCUT2D eigenvalue weighted by atomic mass is 10.1. The predicted molar refractivity (Wildman–Crippen MR) is 74.2 cm³/mol. The molecule has 0 spiro atoms. The number of aryl methyl sites for hydroxylation is 1. The summed E-state index contributed by atoms with van der Waals surface area (Å²) in [6.07, 6.45) is -0.190. The molecule has 0 radical (unpaired) electrons. The minimum Gasteiger partial charge on any atom is -0.320 e. The Morgan fingerprint density at radius 3 is 2.71 bits per heavy atom. The van der Waals surface area contributed by atoms with Crippen LogP contribution in [-0.4, -0.2) is 9.38 Å². The lowest BCUT2D eigenvalue weighted by Gasteiger charge is -2.09. The first-order valence-corrected chi connectivity index (χ1v) is 6.53. The zero-order valence-electron chi connectivity index (χ0n) is 11.4. The summed E-state index contributed by atoms with van der Waals surface area (Å²) < 4.78 is 40.1. The van der Waals surface area contributed by atoms with Crippen molar-refractivity contribution in [3.05, 3.63) is 71.3 Å². The van der Waals surface area contributed by atoms with Crippen LogP contribution in [0.5, 0.6) is 0 Å². The van der Waals surface area contributed by atoms with Crippen LogP contribution in [0, 0.1) is 6.92 Å². The number of rotatable bonds is 2. The van der Waals surface area contributed by atoms with Gasteiger partial charge in [0.25, 0.3) is 0 Å². The van der Waals surface area contributed by atoms with E-state index in [0.29, 0.717) is 12.0 Å². The van der Waals surface area contributed by atoms with E-state index in [1.54, 1.807) is 6.07 Å². The SMILES string of the molecule is Cc1nc(Cc2cccc(C(F)(F)F)c2)cn2cccc12. The second kappa shape index (κ2) is 4.91. The summed E-state index contributed by atoms with van der Waals surface area (Å²) in [5.74, 6) is 0. The molecule has 3 rings (SSSR count). The zero-order chi connectivity index (χ0) is 15.0. The molecule has 0 aliphatic heterocycles. The standard InChI is InChI=1S/C16H13F3N2/c1-11-15-6-3-7-21(15)10-14(20-11)9-12-4-2-5-13(8-12)16(17,18)19/h2-8,10H,9H2,1H3. The largest absolute Gasteiger partial charge is 0.416 e. The third-order valence-corrected chi connectivity index (χ3v) is 3.39. The van der Waals surface area contributed by atoms with Crippen molar-refractivity contribution in [3.8, 4) is 0 Å². The summed E-state index contributed by atoms with van der Waals surface area (Å²) in [4.78, 5) is 4.46. The van der Waals surface area contributed by atoms with Crippen molar-refractivity contribution < 1.29 is 13.2 Å². The summed E-state index contributed by atoms with van der Waals surface area (Å²) in [6.45, 7) is 1.89. The fraction of sp³-hybridized carbons (Fsp3) is 0.188. The van der Waals surface area contributed by atoms with Crippen LogP contribution in [0.25, 0.3) is 5.52 Å². The maximum atomic E-state index is 12.7. The third-order valence-electron chi connectivity index (χ3n) is 3.39. The average molecular weight is 290 g/mol. The second-order valence-electron chi connectivity index (χ2n) is 4.99. The van der Waals surface area contributed by atoms with Gasteiger partial charge >= 0.3 is 6.18 Å². The molecule has 0 aliphatic carbocycles. The highest BCUT2D eigenvalue weighted by atomic mass is 19.4. The Morgan fingerprint density at radius 1 is 1.14 bits per heavy atom. The number of aromatic nitrogens is 2. The van der Waals surface area contributed by atoms with Gasteiger partial charge in [0.05, 0.1) is 22.5 Å². The van der Waals surface area contributed by atoms with E-state index in [1.807, 2.05) is 35.9 Å². The van der Waals surface area contributed by atoms with Crippen LogP contribution >= 0.6 is 0 Å². The van der Waals surface area contributed by atoms with Crippen molar-refractivity contribution in [2.24, 2.45) is 0 Å². The Labute approximate surface area is 119 Å². The molecule has 3 aromatic rings. The number of hydrogen-bond donors (Lipinski definition) is 0. The topological polar surface area (TPSA) is 17.3 Å². The molecule has 2 heterocycles. The molecule has 0 amide bonds. The van der Waals surface area contributed by atoms with E-state index in [-0.39, 0.29) is 0 Å². The number of halogens is 3. The Bertz CT molecular complexity index is 788. The van der Waals surface area contributed by atoms with Crippen molar-refractivity contribution in [3.63, 3.8) is 0 Å². The molecule has 0 aliphatic rings. The minimum atomic E-state index is -4.32. The van der Waals surface area contributed by atoms with Crippen LogP contribution in [0.2, 0.25) is 0 Å². The van der Waals surface area contributed by atoms with Gasteiger partial charge in [0, 0.05) is 18.8 Å². The molecule has 0 atom stereocenters. The molecule has 0 N–H and O–H groups in total. The fourth-order valence-corrected chi connectivity index (χ4v) is 2.43. The lowest BCUT2D eigenvalue weighted by Crippen LogP contribution is -2.06. The van der Waals surface area contributed by atoms with E-state index in [2.05, 4.69) is 4.98 Å². The van der Waals surface area contributed by atoms with E-state index in [1.165, 1.54) is 12.1 Å². The van der Waals surface area contributed by atoms with Gasteiger partial charge in [0.15, 0.2) is 0 Å². The molecule has 1 aromatic carbocycles. The van der Waals surface area contributed by atoms with Crippen LogP contribution < -0.4 is 0 Å². The smallest absolute Gasteiger partial charge is 0.320 e. The third kappa shape index (κ3) is 2.77. The summed E-state index contributed by atoms with van der Waals surface area (Å²) in [7, 11) is 0. The highest BCUT2D eigenvalue weighted by molar-refractivity contribution is 5.52. The molecule has 0 saturated heterocycles. The van der Waals surface area contributed by atoms with Crippen LogP contribution in [0.4, 0.5) is 13.2 Å². The van der Waals surface area contributed by atoms with Crippen LogP contribution in [0.15, 0.2) is 48.8 Å². The molecule has 0 unspecified atom stereocenters. The monoisotopic (exact) mass is 290 g/mol. The van der Waals surface area contributed by atoms with Crippen LogP contribution in [0.1, 0.15) is 22.5 Å². The van der Waals surface area contributed by atoms with Gasteiger partial charge in [0.2, 0.25) is 0 Å². The van der Waals surface area contributed by atoms with Gasteiger partial charge in [-0.3, -0.25) is 4.98 Å². The molecule has 0 fully saturated rings. The first kappa shape index (κ1) is 13.7. The summed E-state index contributed by atoms with van der Waals surface area (Å²) >= 11 is 0. The van der Waals surface area contributed by atoms with Crippen LogP contribution in [0.3, 0.4) is 0 Å². The van der Waals surface area contributed by atoms with Crippen LogP contribution in [-0.2, 0) is 12.6 Å². The van der Waals surface area contributed by atoms with E-state index in [0.717, 1.165) is 23.0 Å². The van der Waals surface area contributed by atoms with Gasteiger partial charge in [0.1, 0.15) is 0 Å². The highest BCUT2D eigenvalue weighted by Gasteiger charge is 2.30. The maximum absolute atomic E-state index is 12.7. The summed E-state index contributed by atoms with van der Waals surface area (Å²) in [6, 6.07) is 9.24. The lowest BCUT2D eigenvalue weighted by molar-refractivity contribution is -0.137. The van der Waals surface area contributed by atoms with E-state index >= 15 is 0 Å². The number of hydrogen-bond acceptors (Lipinski definition) is 1. The quantitative estimate of drug-likeness (QED) is 0.689. The first-order valence-electron chi connectivity index (χ1n) is 6.53. The number of alkyl halides is 3.